The first kappa shape index (κ1) is 11.3. The Labute approximate surface area is 97.7 Å². The van der Waals surface area contributed by atoms with Gasteiger partial charge in [0.15, 0.2) is 0 Å². The lowest BCUT2D eigenvalue weighted by Gasteiger charge is -2.09. The molecule has 0 saturated carbocycles. The molecule has 0 fully saturated rings. The Morgan fingerprint density at radius 2 is 2.06 bits per heavy atom. The maximum atomic E-state index is 13.7. The lowest BCUT2D eigenvalue weighted by molar-refractivity contribution is 0.199. The van der Waals surface area contributed by atoms with Crippen molar-refractivity contribution in [2.45, 2.75) is 20.0 Å². The summed E-state index contributed by atoms with van der Waals surface area (Å²) in [6.07, 6.45) is -0.726. The Morgan fingerprint density at radius 3 is 2.69 bits per heavy atom. The van der Waals surface area contributed by atoms with Gasteiger partial charge in [0.25, 0.3) is 0 Å². The number of aliphatic hydroxyl groups excluding tert-OH is 1. The van der Waals surface area contributed by atoms with Crippen LogP contribution in [0.5, 0.6) is 0 Å². The zero-order valence-corrected chi connectivity index (χ0v) is 9.72. The van der Waals surface area contributed by atoms with Gasteiger partial charge in [-0.1, -0.05) is 11.6 Å². The molecule has 2 nitrogen and oxygen atoms in total. The minimum atomic E-state index is -0.726. The van der Waals surface area contributed by atoms with Gasteiger partial charge in [0.05, 0.1) is 11.1 Å². The van der Waals surface area contributed by atoms with Gasteiger partial charge in [-0.05, 0) is 37.6 Å². The van der Waals surface area contributed by atoms with Crippen molar-refractivity contribution in [2.24, 2.45) is 0 Å². The summed E-state index contributed by atoms with van der Waals surface area (Å²) in [4.78, 5) is 4.10. The highest BCUT2D eigenvalue weighted by molar-refractivity contribution is 6.35. The van der Waals surface area contributed by atoms with Crippen molar-refractivity contribution < 1.29 is 9.50 Å². The smallest absolute Gasteiger partial charge is 0.149 e. The molecule has 1 unspecified atom stereocenters. The second-order valence-corrected chi connectivity index (χ2v) is 4.23. The van der Waals surface area contributed by atoms with E-state index in [-0.39, 0.29) is 5.52 Å². The Bertz CT molecular complexity index is 554. The van der Waals surface area contributed by atoms with E-state index in [1.807, 2.05) is 0 Å². The first-order valence-electron chi connectivity index (χ1n) is 4.93. The minimum Gasteiger partial charge on any atom is -0.389 e. The molecule has 0 aliphatic carbocycles. The number of benzene rings is 1. The van der Waals surface area contributed by atoms with Crippen LogP contribution in [0.25, 0.3) is 10.9 Å². The molecule has 1 heterocycles. The summed E-state index contributed by atoms with van der Waals surface area (Å²) in [6.45, 7) is 3.34. The molecule has 4 heteroatoms. The van der Waals surface area contributed by atoms with Crippen LogP contribution < -0.4 is 0 Å². The number of fused-ring (bicyclic) bond motifs is 1. The third-order valence-electron chi connectivity index (χ3n) is 2.45. The molecule has 0 aliphatic heterocycles. The van der Waals surface area contributed by atoms with E-state index in [1.165, 1.54) is 6.07 Å². The van der Waals surface area contributed by atoms with E-state index in [1.54, 1.807) is 26.0 Å². The van der Waals surface area contributed by atoms with Crippen LogP contribution in [0.1, 0.15) is 24.3 Å². The van der Waals surface area contributed by atoms with E-state index < -0.39 is 11.9 Å². The highest BCUT2D eigenvalue weighted by Crippen LogP contribution is 2.28. The number of hydrogen-bond donors (Lipinski definition) is 1. The topological polar surface area (TPSA) is 33.1 Å². The van der Waals surface area contributed by atoms with Crippen molar-refractivity contribution in [1.82, 2.24) is 4.98 Å². The Hall–Kier alpha value is -1.19. The Morgan fingerprint density at radius 1 is 1.38 bits per heavy atom. The van der Waals surface area contributed by atoms with Crippen LogP contribution in [0, 0.1) is 12.7 Å². The maximum Gasteiger partial charge on any atom is 0.149 e. The molecule has 0 amide bonds. The number of aliphatic hydroxyl groups is 1. The van der Waals surface area contributed by atoms with Crippen molar-refractivity contribution >= 4 is 22.5 Å². The van der Waals surface area contributed by atoms with E-state index in [2.05, 4.69) is 4.98 Å². The van der Waals surface area contributed by atoms with Crippen LogP contribution in [-0.2, 0) is 0 Å². The van der Waals surface area contributed by atoms with Gasteiger partial charge in [0.1, 0.15) is 11.3 Å². The molecule has 84 valence electrons. The van der Waals surface area contributed by atoms with Crippen molar-refractivity contribution in [3.8, 4) is 0 Å². The molecule has 1 aromatic heterocycles. The van der Waals surface area contributed by atoms with Crippen LogP contribution >= 0.6 is 11.6 Å². The highest BCUT2D eigenvalue weighted by atomic mass is 35.5. The predicted molar refractivity (Wildman–Crippen MR) is 62.1 cm³/mol. The molecule has 16 heavy (non-hydrogen) atoms. The summed E-state index contributed by atoms with van der Waals surface area (Å²) < 4.78 is 13.7. The fraction of sp³-hybridized carbons (Fsp3) is 0.250. The van der Waals surface area contributed by atoms with E-state index in [9.17, 15) is 9.50 Å². The third kappa shape index (κ3) is 1.88. The van der Waals surface area contributed by atoms with Crippen LogP contribution in [0.15, 0.2) is 18.2 Å². The summed E-state index contributed by atoms with van der Waals surface area (Å²) in [5.41, 5.74) is 1.41. The molecule has 1 aromatic carbocycles. The number of pyridine rings is 1. The number of hydrogen-bond acceptors (Lipinski definition) is 2. The molecule has 0 saturated heterocycles. The average molecular weight is 240 g/mol. The predicted octanol–water partition coefficient (Wildman–Crippen LogP) is 3.39. The van der Waals surface area contributed by atoms with E-state index in [0.29, 0.717) is 21.7 Å². The SMILES string of the molecule is Cc1cc(Cl)c2cc(C(C)O)cc(F)c2n1. The van der Waals surface area contributed by atoms with Crippen molar-refractivity contribution in [1.29, 1.82) is 0 Å². The summed E-state index contributed by atoms with van der Waals surface area (Å²) in [7, 11) is 0. The fourth-order valence-corrected chi connectivity index (χ4v) is 1.93. The number of nitrogens with zero attached hydrogens (tertiary/aromatic N) is 1. The molecule has 2 rings (SSSR count). The van der Waals surface area contributed by atoms with Gasteiger partial charge in [-0.2, -0.15) is 0 Å². The number of aromatic nitrogens is 1. The van der Waals surface area contributed by atoms with E-state index in [4.69, 9.17) is 11.6 Å². The summed E-state index contributed by atoms with van der Waals surface area (Å²) in [5.74, 6) is -0.459. The zero-order chi connectivity index (χ0) is 11.9. The molecule has 0 bridgehead atoms. The molecule has 0 aliphatic rings. The van der Waals surface area contributed by atoms with Gasteiger partial charge in [0.2, 0.25) is 0 Å². The lowest BCUT2D eigenvalue weighted by atomic mass is 10.1. The number of aryl methyl sites for hydroxylation is 1. The summed E-state index contributed by atoms with van der Waals surface area (Å²) >= 11 is 6.02. The lowest BCUT2D eigenvalue weighted by Crippen LogP contribution is -1.95. The Balaban J connectivity index is 2.82. The van der Waals surface area contributed by atoms with Gasteiger partial charge in [-0.3, -0.25) is 0 Å². The molecular formula is C12H11ClFNO. The molecule has 1 N–H and O–H groups in total. The quantitative estimate of drug-likeness (QED) is 0.828. The van der Waals surface area contributed by atoms with E-state index in [0.717, 1.165) is 0 Å². The van der Waals surface area contributed by atoms with Gasteiger partial charge in [0, 0.05) is 11.1 Å². The molecule has 1 atom stereocenters. The van der Waals surface area contributed by atoms with Crippen molar-refractivity contribution in [3.05, 3.63) is 40.3 Å². The third-order valence-corrected chi connectivity index (χ3v) is 2.76. The molecule has 0 spiro atoms. The standard InChI is InChI=1S/C12H11ClFNO/c1-6-3-10(13)9-4-8(7(2)16)5-11(14)12(9)15-6/h3-5,7,16H,1-2H3. The van der Waals surface area contributed by atoms with Gasteiger partial charge in [-0.15, -0.1) is 0 Å². The Kier molecular flexibility index (Phi) is 2.82. The second kappa shape index (κ2) is 4.00. The molecule has 2 aromatic rings. The number of halogens is 2. The number of rotatable bonds is 1. The minimum absolute atomic E-state index is 0.245. The van der Waals surface area contributed by atoms with Crippen LogP contribution in [0.4, 0.5) is 4.39 Å². The van der Waals surface area contributed by atoms with Crippen LogP contribution in [0.2, 0.25) is 5.02 Å². The highest BCUT2D eigenvalue weighted by Gasteiger charge is 2.11. The van der Waals surface area contributed by atoms with Crippen molar-refractivity contribution in [2.75, 3.05) is 0 Å². The normalized spacial score (nSPS) is 13.1. The van der Waals surface area contributed by atoms with Gasteiger partial charge in [-0.25, -0.2) is 9.37 Å². The monoisotopic (exact) mass is 239 g/mol. The fourth-order valence-electron chi connectivity index (χ4n) is 1.63. The first-order valence-corrected chi connectivity index (χ1v) is 5.31. The summed E-state index contributed by atoms with van der Waals surface area (Å²) in [6, 6.07) is 4.63. The first-order chi connectivity index (χ1) is 7.49. The van der Waals surface area contributed by atoms with Crippen molar-refractivity contribution in [3.63, 3.8) is 0 Å². The van der Waals surface area contributed by atoms with Gasteiger partial charge >= 0.3 is 0 Å². The maximum absolute atomic E-state index is 13.7. The molecular weight excluding hydrogens is 229 g/mol. The summed E-state index contributed by atoms with van der Waals surface area (Å²) in [5, 5.41) is 10.4. The van der Waals surface area contributed by atoms with E-state index >= 15 is 0 Å². The average Bonchev–Trinajstić information content (AvgIpc) is 2.19. The second-order valence-electron chi connectivity index (χ2n) is 3.82. The largest absolute Gasteiger partial charge is 0.389 e. The zero-order valence-electron chi connectivity index (χ0n) is 8.96. The molecule has 0 radical (unpaired) electrons. The van der Waals surface area contributed by atoms with Crippen LogP contribution in [-0.4, -0.2) is 10.1 Å². The van der Waals surface area contributed by atoms with Gasteiger partial charge < -0.3 is 5.11 Å². The van der Waals surface area contributed by atoms with Crippen LogP contribution in [0.3, 0.4) is 0 Å².